The number of nitrogens with zero attached hydrogens (tertiary/aromatic N) is 5. The van der Waals surface area contributed by atoms with Crippen molar-refractivity contribution in [2.24, 2.45) is 0 Å². The van der Waals surface area contributed by atoms with Crippen molar-refractivity contribution in [3.05, 3.63) is 47.9 Å². The standard InChI is InChI=1S/C23H29N5O3.C2H6/c1-16-14-24-21-13-19(20(15-29)25-28(16)21)17-5-7-18(8-6-17)26-9-11-27(12-10-26)22(30)31-23(2,3)4;1-2/h5-8,13-14,29H,9-12,15H2,1-4H3;1-2H3. The van der Waals surface area contributed by atoms with E-state index in [4.69, 9.17) is 4.74 Å². The first-order valence-electron chi connectivity index (χ1n) is 11.5. The van der Waals surface area contributed by atoms with Crippen LogP contribution >= 0.6 is 0 Å². The maximum atomic E-state index is 12.3. The topological polar surface area (TPSA) is 83.2 Å². The van der Waals surface area contributed by atoms with Gasteiger partial charge in [0, 0.05) is 37.4 Å². The second kappa shape index (κ2) is 10.2. The van der Waals surface area contributed by atoms with E-state index < -0.39 is 5.60 Å². The van der Waals surface area contributed by atoms with Crippen molar-refractivity contribution < 1.29 is 14.6 Å². The molecule has 0 bridgehead atoms. The summed E-state index contributed by atoms with van der Waals surface area (Å²) < 4.78 is 7.22. The minimum atomic E-state index is -0.482. The number of hydrogen-bond acceptors (Lipinski definition) is 6. The Hall–Kier alpha value is -3.13. The summed E-state index contributed by atoms with van der Waals surface area (Å²) in [6.07, 6.45) is 1.52. The maximum Gasteiger partial charge on any atom is 0.410 e. The van der Waals surface area contributed by atoms with Gasteiger partial charge < -0.3 is 19.6 Å². The summed E-state index contributed by atoms with van der Waals surface area (Å²) in [5, 5.41) is 14.4. The zero-order valence-corrected chi connectivity index (χ0v) is 20.5. The molecule has 33 heavy (non-hydrogen) atoms. The molecule has 1 fully saturated rings. The van der Waals surface area contributed by atoms with Gasteiger partial charge in [-0.3, -0.25) is 0 Å². The molecule has 0 spiro atoms. The van der Waals surface area contributed by atoms with Crippen molar-refractivity contribution in [2.45, 2.75) is 53.8 Å². The fraction of sp³-hybridized carbons (Fsp3) is 0.480. The van der Waals surface area contributed by atoms with Crippen LogP contribution in [0.25, 0.3) is 16.8 Å². The summed E-state index contributed by atoms with van der Waals surface area (Å²) in [6.45, 7) is 14.2. The number of piperazine rings is 1. The molecule has 1 aliphatic rings. The van der Waals surface area contributed by atoms with E-state index in [-0.39, 0.29) is 12.7 Å². The Kier molecular flexibility index (Phi) is 7.58. The number of benzene rings is 1. The molecule has 0 saturated carbocycles. The minimum Gasteiger partial charge on any atom is -0.444 e. The fourth-order valence-corrected chi connectivity index (χ4v) is 3.76. The Bertz CT molecular complexity index is 1080. The molecule has 1 N–H and O–H groups in total. The Labute approximate surface area is 195 Å². The number of carbonyl (C=O) groups is 1. The van der Waals surface area contributed by atoms with Gasteiger partial charge >= 0.3 is 6.09 Å². The third-order valence-electron chi connectivity index (χ3n) is 5.36. The number of rotatable bonds is 3. The highest BCUT2D eigenvalue weighted by Crippen LogP contribution is 2.27. The van der Waals surface area contributed by atoms with Crippen molar-refractivity contribution in [3.8, 4) is 11.1 Å². The molecule has 1 saturated heterocycles. The molecular weight excluding hydrogens is 418 g/mol. The first kappa shape index (κ1) is 24.5. The SMILES string of the molecule is CC.Cc1cnc2cc(-c3ccc(N4CCN(C(=O)OC(C)(C)C)CC4)cc3)c(CO)nn12. The zero-order valence-electron chi connectivity index (χ0n) is 20.5. The van der Waals surface area contributed by atoms with Gasteiger partial charge in [-0.1, -0.05) is 26.0 Å². The molecule has 2 aromatic heterocycles. The second-order valence-corrected chi connectivity index (χ2v) is 8.83. The van der Waals surface area contributed by atoms with Crippen LogP contribution in [0.2, 0.25) is 0 Å². The molecule has 3 heterocycles. The van der Waals surface area contributed by atoms with Crippen molar-refractivity contribution in [3.63, 3.8) is 0 Å². The molecule has 0 aliphatic carbocycles. The van der Waals surface area contributed by atoms with Crippen molar-refractivity contribution >= 4 is 17.4 Å². The lowest BCUT2D eigenvalue weighted by molar-refractivity contribution is 0.0240. The van der Waals surface area contributed by atoms with Crippen LogP contribution in [0.3, 0.4) is 0 Å². The van der Waals surface area contributed by atoms with Crippen LogP contribution in [0.1, 0.15) is 46.0 Å². The molecule has 8 heteroatoms. The van der Waals surface area contributed by atoms with E-state index in [1.807, 2.05) is 59.7 Å². The Morgan fingerprint density at radius 3 is 2.30 bits per heavy atom. The zero-order chi connectivity index (χ0) is 24.2. The number of ether oxygens (including phenoxy) is 1. The monoisotopic (exact) mass is 453 g/mol. The number of anilines is 1. The van der Waals surface area contributed by atoms with Gasteiger partial charge in [0.1, 0.15) is 5.60 Å². The first-order chi connectivity index (χ1) is 15.7. The summed E-state index contributed by atoms with van der Waals surface area (Å²) in [7, 11) is 0. The van der Waals surface area contributed by atoms with Crippen molar-refractivity contribution in [1.82, 2.24) is 19.5 Å². The van der Waals surface area contributed by atoms with E-state index in [1.165, 1.54) is 0 Å². The van der Waals surface area contributed by atoms with Gasteiger partial charge in [0.05, 0.1) is 24.2 Å². The third-order valence-corrected chi connectivity index (χ3v) is 5.36. The molecule has 1 aromatic carbocycles. The lowest BCUT2D eigenvalue weighted by atomic mass is 10.0. The number of amides is 1. The average Bonchev–Trinajstić information content (AvgIpc) is 3.18. The van der Waals surface area contributed by atoms with Crippen LogP contribution < -0.4 is 4.90 Å². The van der Waals surface area contributed by atoms with E-state index in [2.05, 4.69) is 27.1 Å². The molecular formula is C25H35N5O3. The number of hydrogen-bond donors (Lipinski definition) is 1. The van der Waals surface area contributed by atoms with Crippen molar-refractivity contribution in [1.29, 1.82) is 0 Å². The van der Waals surface area contributed by atoms with Gasteiger partial charge in [-0.15, -0.1) is 0 Å². The summed E-state index contributed by atoms with van der Waals surface area (Å²) in [5.41, 5.74) is 4.78. The highest BCUT2D eigenvalue weighted by atomic mass is 16.6. The Morgan fingerprint density at radius 2 is 1.73 bits per heavy atom. The number of carbonyl (C=O) groups excluding carboxylic acids is 1. The number of aliphatic hydroxyl groups excluding tert-OH is 1. The summed E-state index contributed by atoms with van der Waals surface area (Å²) in [6, 6.07) is 10.2. The highest BCUT2D eigenvalue weighted by molar-refractivity contribution is 5.72. The van der Waals surface area contributed by atoms with Crippen LogP contribution in [-0.4, -0.2) is 62.5 Å². The van der Waals surface area contributed by atoms with Gasteiger partial charge in [-0.2, -0.15) is 5.10 Å². The van der Waals surface area contributed by atoms with Gasteiger partial charge in [-0.25, -0.2) is 14.3 Å². The molecule has 1 aliphatic heterocycles. The summed E-state index contributed by atoms with van der Waals surface area (Å²) in [5.74, 6) is 0. The Morgan fingerprint density at radius 1 is 1.09 bits per heavy atom. The number of aromatic nitrogens is 3. The molecule has 0 atom stereocenters. The number of aliphatic hydroxyl groups is 1. The van der Waals surface area contributed by atoms with Crippen LogP contribution in [0, 0.1) is 6.92 Å². The van der Waals surface area contributed by atoms with E-state index in [0.29, 0.717) is 18.8 Å². The molecule has 0 radical (unpaired) electrons. The van der Waals surface area contributed by atoms with E-state index in [9.17, 15) is 9.90 Å². The first-order valence-corrected chi connectivity index (χ1v) is 11.5. The van der Waals surface area contributed by atoms with Gasteiger partial charge in [0.15, 0.2) is 5.65 Å². The van der Waals surface area contributed by atoms with E-state index in [0.717, 1.165) is 41.2 Å². The largest absolute Gasteiger partial charge is 0.444 e. The van der Waals surface area contributed by atoms with Gasteiger partial charge in [0.2, 0.25) is 0 Å². The van der Waals surface area contributed by atoms with Gasteiger partial charge in [-0.05, 0) is 51.5 Å². The molecule has 1 amide bonds. The van der Waals surface area contributed by atoms with E-state index >= 15 is 0 Å². The Balaban J connectivity index is 0.00000149. The lowest BCUT2D eigenvalue weighted by Crippen LogP contribution is -2.50. The molecule has 0 unspecified atom stereocenters. The minimum absolute atomic E-state index is 0.142. The molecule has 8 nitrogen and oxygen atoms in total. The molecule has 178 valence electrons. The summed E-state index contributed by atoms with van der Waals surface area (Å²) in [4.78, 5) is 20.7. The predicted octanol–water partition coefficient (Wildman–Crippen LogP) is 4.28. The van der Waals surface area contributed by atoms with E-state index in [1.54, 1.807) is 15.6 Å². The van der Waals surface area contributed by atoms with Crippen LogP contribution in [-0.2, 0) is 11.3 Å². The predicted molar refractivity (Wildman–Crippen MR) is 130 cm³/mol. The summed E-state index contributed by atoms with van der Waals surface area (Å²) >= 11 is 0. The fourth-order valence-electron chi connectivity index (χ4n) is 3.76. The highest BCUT2D eigenvalue weighted by Gasteiger charge is 2.26. The molecule has 3 aromatic rings. The third kappa shape index (κ3) is 5.63. The number of imidazole rings is 1. The second-order valence-electron chi connectivity index (χ2n) is 8.83. The average molecular weight is 454 g/mol. The number of aryl methyl sites for hydroxylation is 1. The van der Waals surface area contributed by atoms with Crippen LogP contribution in [0.15, 0.2) is 36.5 Å². The smallest absolute Gasteiger partial charge is 0.410 e. The van der Waals surface area contributed by atoms with Crippen LogP contribution in [0.5, 0.6) is 0 Å². The van der Waals surface area contributed by atoms with Crippen LogP contribution in [0.4, 0.5) is 10.5 Å². The van der Waals surface area contributed by atoms with Gasteiger partial charge in [0.25, 0.3) is 0 Å². The molecule has 4 rings (SSSR count). The lowest BCUT2D eigenvalue weighted by Gasteiger charge is -2.36. The number of fused-ring (bicyclic) bond motifs is 1. The quantitative estimate of drug-likeness (QED) is 0.637. The maximum absolute atomic E-state index is 12.3. The van der Waals surface area contributed by atoms with Crippen molar-refractivity contribution in [2.75, 3.05) is 31.1 Å². The normalized spacial score (nSPS) is 14.2.